The van der Waals surface area contributed by atoms with Gasteiger partial charge >= 0.3 is 0 Å². The lowest BCUT2D eigenvalue weighted by atomic mass is 10.2. The highest BCUT2D eigenvalue weighted by atomic mass is 16.6. The molecule has 0 aliphatic heterocycles. The molecule has 9 heteroatoms. The predicted molar refractivity (Wildman–Crippen MR) is 140 cm³/mol. The monoisotopic (exact) mass is 524 g/mol. The number of ether oxygens (including phenoxy) is 6. The van der Waals surface area contributed by atoms with Crippen molar-refractivity contribution in [2.75, 3.05) is 52.9 Å². The Morgan fingerprint density at radius 2 is 0.639 bits per heavy atom. The first kappa shape index (κ1) is 35.6. The molecular formula is C27H56O9. The zero-order valence-electron chi connectivity index (χ0n) is 23.7. The molecule has 6 unspecified atom stereocenters. The molecule has 0 aromatic heterocycles. The molecule has 9 nitrogen and oxygen atoms in total. The Hall–Kier alpha value is -0.360. The summed E-state index contributed by atoms with van der Waals surface area (Å²) in [4.78, 5) is 0. The van der Waals surface area contributed by atoms with Crippen molar-refractivity contribution in [2.45, 2.75) is 123 Å². The van der Waals surface area contributed by atoms with Gasteiger partial charge in [0.05, 0.1) is 89.5 Å². The highest BCUT2D eigenvalue weighted by molar-refractivity contribution is 4.64. The average Bonchev–Trinajstić information content (AvgIpc) is 2.90. The number of hydrogen-bond donors (Lipinski definition) is 3. The smallest absolute Gasteiger partial charge is 0.104 e. The van der Waals surface area contributed by atoms with Gasteiger partial charge in [0.15, 0.2) is 0 Å². The molecule has 0 bridgehead atoms. The van der Waals surface area contributed by atoms with Crippen LogP contribution in [0.3, 0.4) is 0 Å². The van der Waals surface area contributed by atoms with Crippen LogP contribution in [0, 0.1) is 0 Å². The zero-order chi connectivity index (χ0) is 27.2. The molecule has 0 saturated carbocycles. The molecule has 0 rings (SSSR count). The molecule has 3 N–H and O–H groups in total. The van der Waals surface area contributed by atoms with E-state index >= 15 is 0 Å². The van der Waals surface area contributed by atoms with Crippen LogP contribution in [0.2, 0.25) is 0 Å². The quantitative estimate of drug-likeness (QED) is 0.157. The molecule has 0 radical (unpaired) electrons. The first-order chi connectivity index (χ1) is 17.3. The Balaban J connectivity index is 4.75. The standard InChI is InChI=1S/C27H56O9/c1-7-21(28)13-33-24(10-4)16-31-18-27(36-20-26(12-6)35-15-23(30)9-3)19-32-17-25(11-5)34-14-22(29)8-2/h21-30H,7-20H2,1-6H3. The van der Waals surface area contributed by atoms with E-state index in [1.807, 2.05) is 41.5 Å². The molecule has 0 aromatic rings. The Bertz CT molecular complexity index is 441. The van der Waals surface area contributed by atoms with Gasteiger partial charge in [0.2, 0.25) is 0 Å². The van der Waals surface area contributed by atoms with E-state index in [1.54, 1.807) is 0 Å². The van der Waals surface area contributed by atoms with Crippen LogP contribution >= 0.6 is 0 Å². The third kappa shape index (κ3) is 18.8. The van der Waals surface area contributed by atoms with Crippen molar-refractivity contribution in [3.05, 3.63) is 0 Å². The van der Waals surface area contributed by atoms with Gasteiger partial charge < -0.3 is 43.7 Å². The second-order valence-electron chi connectivity index (χ2n) is 9.31. The Kier molecular flexibility index (Phi) is 23.5. The summed E-state index contributed by atoms with van der Waals surface area (Å²) in [6.45, 7) is 14.6. The van der Waals surface area contributed by atoms with Crippen molar-refractivity contribution in [1.82, 2.24) is 0 Å². The summed E-state index contributed by atoms with van der Waals surface area (Å²) >= 11 is 0. The minimum atomic E-state index is -0.476. The summed E-state index contributed by atoms with van der Waals surface area (Å²) in [5, 5.41) is 29.3. The van der Waals surface area contributed by atoms with E-state index in [2.05, 4.69) is 0 Å². The summed E-state index contributed by atoms with van der Waals surface area (Å²) in [6, 6.07) is 0. The molecule has 0 saturated heterocycles. The van der Waals surface area contributed by atoms with Crippen molar-refractivity contribution in [1.29, 1.82) is 0 Å². The van der Waals surface area contributed by atoms with Crippen LogP contribution in [0.5, 0.6) is 0 Å². The first-order valence-electron chi connectivity index (χ1n) is 14.0. The summed E-state index contributed by atoms with van der Waals surface area (Å²) in [5.74, 6) is 0. The van der Waals surface area contributed by atoms with Gasteiger partial charge in [0.1, 0.15) is 6.10 Å². The van der Waals surface area contributed by atoms with Gasteiger partial charge in [-0.1, -0.05) is 41.5 Å². The third-order valence-electron chi connectivity index (χ3n) is 6.09. The molecule has 0 heterocycles. The van der Waals surface area contributed by atoms with Crippen molar-refractivity contribution in [2.24, 2.45) is 0 Å². The second-order valence-corrected chi connectivity index (χ2v) is 9.31. The van der Waals surface area contributed by atoms with E-state index in [0.717, 1.165) is 19.3 Å². The van der Waals surface area contributed by atoms with Crippen molar-refractivity contribution in [3.63, 3.8) is 0 Å². The maximum atomic E-state index is 9.79. The topological polar surface area (TPSA) is 116 Å². The van der Waals surface area contributed by atoms with Gasteiger partial charge in [-0.05, 0) is 38.5 Å². The van der Waals surface area contributed by atoms with E-state index < -0.39 is 18.3 Å². The van der Waals surface area contributed by atoms with E-state index in [0.29, 0.717) is 65.5 Å². The predicted octanol–water partition coefficient (Wildman–Crippen LogP) is 3.10. The SMILES string of the molecule is CCC(O)COC(CC)COCC(COCC(CC)OCC(O)CC)OCC(CC)OCC(O)CC. The van der Waals surface area contributed by atoms with Gasteiger partial charge in [-0.25, -0.2) is 0 Å². The lowest BCUT2D eigenvalue weighted by Crippen LogP contribution is -2.34. The van der Waals surface area contributed by atoms with Gasteiger partial charge in [0.25, 0.3) is 0 Å². The molecule has 0 aromatic carbocycles. The van der Waals surface area contributed by atoms with Crippen LogP contribution in [-0.2, 0) is 28.4 Å². The van der Waals surface area contributed by atoms with E-state index in [-0.39, 0.29) is 31.0 Å². The normalized spacial score (nSPS) is 17.9. The molecule has 6 atom stereocenters. The third-order valence-corrected chi connectivity index (χ3v) is 6.09. The average molecular weight is 525 g/mol. The molecular weight excluding hydrogens is 468 g/mol. The Labute approximate surface area is 219 Å². The van der Waals surface area contributed by atoms with E-state index in [1.165, 1.54) is 0 Å². The maximum Gasteiger partial charge on any atom is 0.104 e. The fraction of sp³-hybridized carbons (Fsp3) is 1.00. The van der Waals surface area contributed by atoms with Crippen LogP contribution in [0.15, 0.2) is 0 Å². The summed E-state index contributed by atoms with van der Waals surface area (Å²) in [5.41, 5.74) is 0. The zero-order valence-corrected chi connectivity index (χ0v) is 23.7. The second kappa shape index (κ2) is 23.7. The molecule has 0 fully saturated rings. The van der Waals surface area contributed by atoms with E-state index in [9.17, 15) is 15.3 Å². The minimum Gasteiger partial charge on any atom is -0.391 e. The minimum absolute atomic E-state index is 0.0992. The first-order valence-corrected chi connectivity index (χ1v) is 14.0. The number of hydrogen-bond acceptors (Lipinski definition) is 9. The van der Waals surface area contributed by atoms with Crippen LogP contribution in [0.25, 0.3) is 0 Å². The summed E-state index contributed by atoms with van der Waals surface area (Å²) < 4.78 is 35.3. The van der Waals surface area contributed by atoms with Crippen molar-refractivity contribution in [3.8, 4) is 0 Å². The Morgan fingerprint density at radius 1 is 0.361 bits per heavy atom. The van der Waals surface area contributed by atoms with Crippen molar-refractivity contribution >= 4 is 0 Å². The number of aliphatic hydroxyl groups is 3. The highest BCUT2D eigenvalue weighted by Gasteiger charge is 2.18. The molecule has 36 heavy (non-hydrogen) atoms. The maximum absolute atomic E-state index is 9.79. The molecule has 0 aliphatic carbocycles. The highest BCUT2D eigenvalue weighted by Crippen LogP contribution is 2.08. The number of aliphatic hydroxyl groups excluding tert-OH is 3. The van der Waals surface area contributed by atoms with Crippen LogP contribution in [0.1, 0.15) is 80.1 Å². The fourth-order valence-corrected chi connectivity index (χ4v) is 3.00. The molecule has 0 aliphatic rings. The molecule has 0 spiro atoms. The van der Waals surface area contributed by atoms with Gasteiger partial charge in [-0.2, -0.15) is 0 Å². The van der Waals surface area contributed by atoms with E-state index in [4.69, 9.17) is 28.4 Å². The molecule has 0 amide bonds. The summed E-state index contributed by atoms with van der Waals surface area (Å²) in [6.07, 6.45) is 2.24. The van der Waals surface area contributed by atoms with Gasteiger partial charge in [-0.3, -0.25) is 0 Å². The summed E-state index contributed by atoms with van der Waals surface area (Å²) in [7, 11) is 0. The van der Waals surface area contributed by atoms with Gasteiger partial charge in [-0.15, -0.1) is 0 Å². The van der Waals surface area contributed by atoms with Crippen LogP contribution in [0.4, 0.5) is 0 Å². The van der Waals surface area contributed by atoms with Crippen LogP contribution < -0.4 is 0 Å². The fourth-order valence-electron chi connectivity index (χ4n) is 3.00. The lowest BCUT2D eigenvalue weighted by molar-refractivity contribution is -0.122. The Morgan fingerprint density at radius 3 is 0.944 bits per heavy atom. The van der Waals surface area contributed by atoms with Crippen molar-refractivity contribution < 1.29 is 43.7 Å². The van der Waals surface area contributed by atoms with Crippen LogP contribution in [-0.4, -0.2) is 111 Å². The molecule has 218 valence electrons. The van der Waals surface area contributed by atoms with Gasteiger partial charge in [0, 0.05) is 0 Å². The largest absolute Gasteiger partial charge is 0.391 e. The number of rotatable bonds is 26. The lowest BCUT2D eigenvalue weighted by Gasteiger charge is -2.25.